The summed E-state index contributed by atoms with van der Waals surface area (Å²) in [5, 5.41) is 5.75. The number of methoxy groups -OCH3 is 1. The Kier molecular flexibility index (Phi) is 6.66. The van der Waals surface area contributed by atoms with Gasteiger partial charge in [-0.05, 0) is 48.0 Å². The Morgan fingerprint density at radius 2 is 1.55 bits per heavy atom. The third kappa shape index (κ3) is 5.46. The second-order valence-electron chi connectivity index (χ2n) is 6.09. The van der Waals surface area contributed by atoms with Gasteiger partial charge in [-0.15, -0.1) is 0 Å². The molecule has 0 saturated heterocycles. The number of carbonyl (C=O) groups excluding carboxylic acids is 2. The first-order valence-electron chi connectivity index (χ1n) is 8.85. The third-order valence-electron chi connectivity index (χ3n) is 4.07. The van der Waals surface area contributed by atoms with Crippen molar-refractivity contribution >= 4 is 35.2 Å². The van der Waals surface area contributed by atoms with Gasteiger partial charge < -0.3 is 15.4 Å². The van der Waals surface area contributed by atoms with Crippen LogP contribution in [0.15, 0.2) is 84.6 Å². The molecule has 0 unspecified atom stereocenters. The molecule has 5 nitrogen and oxygen atoms in total. The van der Waals surface area contributed by atoms with Crippen molar-refractivity contribution in [3.8, 4) is 5.75 Å². The topological polar surface area (TPSA) is 67.4 Å². The molecular weight excluding hydrogens is 388 g/mol. The van der Waals surface area contributed by atoms with E-state index in [0.29, 0.717) is 16.5 Å². The van der Waals surface area contributed by atoms with Crippen LogP contribution in [-0.2, 0) is 4.79 Å². The average molecular weight is 407 g/mol. The zero-order chi connectivity index (χ0) is 20.6. The van der Waals surface area contributed by atoms with E-state index in [-0.39, 0.29) is 11.3 Å². The van der Waals surface area contributed by atoms with Crippen molar-refractivity contribution < 1.29 is 14.3 Å². The van der Waals surface area contributed by atoms with Gasteiger partial charge in [0.2, 0.25) is 0 Å². The summed E-state index contributed by atoms with van der Waals surface area (Å²) in [6, 6.07) is 22.8. The Balaban J connectivity index is 1.86. The lowest BCUT2D eigenvalue weighted by Gasteiger charge is -2.12. The van der Waals surface area contributed by atoms with Gasteiger partial charge in [0.1, 0.15) is 11.4 Å². The van der Waals surface area contributed by atoms with Crippen LogP contribution in [0.3, 0.4) is 0 Å². The smallest absolute Gasteiger partial charge is 0.272 e. The zero-order valence-electron chi connectivity index (χ0n) is 15.7. The van der Waals surface area contributed by atoms with Crippen molar-refractivity contribution in [1.29, 1.82) is 0 Å². The van der Waals surface area contributed by atoms with E-state index in [0.717, 1.165) is 5.56 Å². The maximum atomic E-state index is 12.9. The molecule has 3 aromatic carbocycles. The molecule has 0 saturated carbocycles. The summed E-state index contributed by atoms with van der Waals surface area (Å²) in [5.74, 6) is -0.253. The average Bonchev–Trinajstić information content (AvgIpc) is 2.74. The molecule has 3 aromatic rings. The van der Waals surface area contributed by atoms with E-state index in [2.05, 4.69) is 10.6 Å². The molecule has 0 atom stereocenters. The number of ether oxygens (including phenoxy) is 1. The predicted octanol–water partition coefficient (Wildman–Crippen LogP) is 4.76. The van der Waals surface area contributed by atoms with Crippen LogP contribution in [0.25, 0.3) is 6.08 Å². The highest BCUT2D eigenvalue weighted by atomic mass is 35.5. The zero-order valence-corrected chi connectivity index (χ0v) is 16.4. The maximum Gasteiger partial charge on any atom is 0.272 e. The van der Waals surface area contributed by atoms with Crippen LogP contribution in [0.1, 0.15) is 15.9 Å². The highest BCUT2D eigenvalue weighted by molar-refractivity contribution is 6.34. The highest BCUT2D eigenvalue weighted by Crippen LogP contribution is 2.18. The number of anilines is 1. The number of rotatable bonds is 6. The molecule has 0 fully saturated rings. The van der Waals surface area contributed by atoms with Crippen molar-refractivity contribution in [1.82, 2.24) is 5.32 Å². The van der Waals surface area contributed by atoms with Crippen molar-refractivity contribution in [2.45, 2.75) is 0 Å². The van der Waals surface area contributed by atoms with Gasteiger partial charge in [0.25, 0.3) is 11.8 Å². The Hall–Kier alpha value is -3.57. The van der Waals surface area contributed by atoms with Crippen molar-refractivity contribution in [3.63, 3.8) is 0 Å². The van der Waals surface area contributed by atoms with Crippen LogP contribution in [0.2, 0.25) is 5.02 Å². The summed E-state index contributed by atoms with van der Waals surface area (Å²) in [7, 11) is 1.57. The molecule has 0 aliphatic rings. The molecule has 0 spiro atoms. The third-order valence-corrected chi connectivity index (χ3v) is 4.40. The molecule has 2 N–H and O–H groups in total. The lowest BCUT2D eigenvalue weighted by atomic mass is 10.1. The summed E-state index contributed by atoms with van der Waals surface area (Å²) in [6.45, 7) is 0. The summed E-state index contributed by atoms with van der Waals surface area (Å²) in [5.41, 5.74) is 1.72. The summed E-state index contributed by atoms with van der Waals surface area (Å²) < 4.78 is 5.12. The van der Waals surface area contributed by atoms with Crippen LogP contribution in [0.4, 0.5) is 5.69 Å². The first-order chi connectivity index (χ1) is 14.1. The fourth-order valence-electron chi connectivity index (χ4n) is 2.58. The van der Waals surface area contributed by atoms with E-state index >= 15 is 0 Å². The Labute approximate surface area is 174 Å². The van der Waals surface area contributed by atoms with Crippen LogP contribution in [0.5, 0.6) is 5.75 Å². The molecule has 6 heteroatoms. The number of amides is 2. The van der Waals surface area contributed by atoms with Gasteiger partial charge in [0.15, 0.2) is 0 Å². The van der Waals surface area contributed by atoms with Crippen LogP contribution < -0.4 is 15.4 Å². The van der Waals surface area contributed by atoms with E-state index in [1.54, 1.807) is 61.7 Å². The van der Waals surface area contributed by atoms with E-state index in [1.165, 1.54) is 0 Å². The largest absolute Gasteiger partial charge is 0.497 e. The molecule has 0 aromatic heterocycles. The SMILES string of the molecule is COc1ccc(NC(=O)/C(=C/c2ccccc2)NC(=O)c2ccccc2Cl)cc1. The maximum absolute atomic E-state index is 12.9. The number of halogens is 1. The van der Waals surface area contributed by atoms with Crippen molar-refractivity contribution in [3.05, 3.63) is 101 Å². The minimum atomic E-state index is -0.470. The Morgan fingerprint density at radius 1 is 0.897 bits per heavy atom. The van der Waals surface area contributed by atoms with E-state index in [1.807, 2.05) is 30.3 Å². The van der Waals surface area contributed by atoms with Gasteiger partial charge in [-0.1, -0.05) is 54.1 Å². The molecule has 146 valence electrons. The minimum Gasteiger partial charge on any atom is -0.497 e. The quantitative estimate of drug-likeness (QED) is 0.580. The molecule has 0 aliphatic heterocycles. The van der Waals surface area contributed by atoms with E-state index in [9.17, 15) is 9.59 Å². The van der Waals surface area contributed by atoms with Gasteiger partial charge in [0.05, 0.1) is 17.7 Å². The molecule has 0 radical (unpaired) electrons. The Morgan fingerprint density at radius 3 is 2.21 bits per heavy atom. The molecule has 0 heterocycles. The van der Waals surface area contributed by atoms with Crippen molar-refractivity contribution in [2.24, 2.45) is 0 Å². The second kappa shape index (κ2) is 9.57. The van der Waals surface area contributed by atoms with Gasteiger partial charge >= 0.3 is 0 Å². The number of hydrogen-bond acceptors (Lipinski definition) is 3. The Bertz CT molecular complexity index is 1030. The fraction of sp³-hybridized carbons (Fsp3) is 0.0435. The predicted molar refractivity (Wildman–Crippen MR) is 115 cm³/mol. The van der Waals surface area contributed by atoms with Crippen molar-refractivity contribution in [2.75, 3.05) is 12.4 Å². The molecule has 2 amide bonds. The van der Waals surface area contributed by atoms with E-state index < -0.39 is 11.8 Å². The fourth-order valence-corrected chi connectivity index (χ4v) is 2.80. The van der Waals surface area contributed by atoms with Gasteiger partial charge in [0, 0.05) is 5.69 Å². The molecule has 29 heavy (non-hydrogen) atoms. The number of benzene rings is 3. The van der Waals surface area contributed by atoms with Crippen LogP contribution in [0, 0.1) is 0 Å². The number of nitrogens with one attached hydrogen (secondary N) is 2. The standard InChI is InChI=1S/C23H19ClN2O3/c1-29-18-13-11-17(12-14-18)25-23(28)21(15-16-7-3-2-4-8-16)26-22(27)19-9-5-6-10-20(19)24/h2-15H,1H3,(H,25,28)(H,26,27)/b21-15-. The summed E-state index contributed by atoms with van der Waals surface area (Å²) >= 11 is 6.11. The van der Waals surface area contributed by atoms with Gasteiger partial charge in [-0.2, -0.15) is 0 Å². The highest BCUT2D eigenvalue weighted by Gasteiger charge is 2.16. The number of carbonyl (C=O) groups is 2. The molecule has 3 rings (SSSR count). The molecule has 0 bridgehead atoms. The lowest BCUT2D eigenvalue weighted by Crippen LogP contribution is -2.30. The first kappa shape index (κ1) is 20.2. The van der Waals surface area contributed by atoms with Gasteiger partial charge in [-0.25, -0.2) is 0 Å². The summed E-state index contributed by atoms with van der Waals surface area (Å²) in [4.78, 5) is 25.5. The second-order valence-corrected chi connectivity index (χ2v) is 6.49. The lowest BCUT2D eigenvalue weighted by molar-refractivity contribution is -0.113. The van der Waals surface area contributed by atoms with Gasteiger partial charge in [-0.3, -0.25) is 9.59 Å². The molecular formula is C23H19ClN2O3. The monoisotopic (exact) mass is 406 g/mol. The normalized spacial score (nSPS) is 10.9. The first-order valence-corrected chi connectivity index (χ1v) is 9.22. The molecule has 0 aliphatic carbocycles. The van der Waals surface area contributed by atoms with Crippen LogP contribution in [-0.4, -0.2) is 18.9 Å². The van der Waals surface area contributed by atoms with Crippen LogP contribution >= 0.6 is 11.6 Å². The minimum absolute atomic E-state index is 0.0944. The number of hydrogen-bond donors (Lipinski definition) is 2. The van der Waals surface area contributed by atoms with E-state index in [4.69, 9.17) is 16.3 Å². The summed E-state index contributed by atoms with van der Waals surface area (Å²) in [6.07, 6.45) is 1.60.